The number of amides is 1. The van der Waals surface area contributed by atoms with Gasteiger partial charge in [0.05, 0.1) is 17.5 Å². The summed E-state index contributed by atoms with van der Waals surface area (Å²) in [6.07, 6.45) is 1.66. The molecule has 146 valence electrons. The number of benzene rings is 2. The summed E-state index contributed by atoms with van der Waals surface area (Å²) in [5.74, 6) is 0.130. The van der Waals surface area contributed by atoms with Gasteiger partial charge < -0.3 is 10.4 Å². The molecule has 2 aromatic heterocycles. The number of nitrogens with zero attached hydrogens (tertiary/aromatic N) is 3. The highest BCUT2D eigenvalue weighted by molar-refractivity contribution is 6.30. The summed E-state index contributed by atoms with van der Waals surface area (Å²) in [4.78, 5) is 17.2. The van der Waals surface area contributed by atoms with Gasteiger partial charge in [-0.05, 0) is 43.7 Å². The third-order valence-corrected chi connectivity index (χ3v) is 4.85. The van der Waals surface area contributed by atoms with Crippen LogP contribution in [0.3, 0.4) is 0 Å². The largest absolute Gasteiger partial charge is 0.386 e. The summed E-state index contributed by atoms with van der Waals surface area (Å²) < 4.78 is 1.71. The van der Waals surface area contributed by atoms with Crippen LogP contribution < -0.4 is 5.32 Å². The first kappa shape index (κ1) is 19.1. The Morgan fingerprint density at radius 1 is 1.07 bits per heavy atom. The minimum atomic E-state index is -0.961. The number of halogens is 1. The number of rotatable bonds is 4. The number of hydrogen-bond donors (Lipinski definition) is 2. The first-order valence-corrected chi connectivity index (χ1v) is 9.44. The maximum Gasteiger partial charge on any atom is 0.256 e. The fraction of sp³-hybridized carbons (Fsp3) is 0.136. The molecule has 2 heterocycles. The zero-order chi connectivity index (χ0) is 20.6. The van der Waals surface area contributed by atoms with E-state index in [1.54, 1.807) is 73.1 Å². The second-order valence-electron chi connectivity index (χ2n) is 7.23. The highest BCUT2D eigenvalue weighted by atomic mass is 35.5. The molecule has 0 bridgehead atoms. The van der Waals surface area contributed by atoms with E-state index in [1.165, 1.54) is 0 Å². The van der Waals surface area contributed by atoms with Crippen molar-refractivity contribution in [2.24, 2.45) is 0 Å². The Labute approximate surface area is 172 Å². The maximum absolute atomic E-state index is 12.7. The minimum absolute atomic E-state index is 0.286. The molecular formula is C22H19ClN4O2. The molecule has 0 fully saturated rings. The number of hydrogen-bond acceptors (Lipinski definition) is 4. The molecule has 6 nitrogen and oxygen atoms in total. The van der Waals surface area contributed by atoms with Crippen molar-refractivity contribution in [2.75, 3.05) is 5.32 Å². The molecule has 0 atom stereocenters. The Hall–Kier alpha value is -3.22. The summed E-state index contributed by atoms with van der Waals surface area (Å²) in [6.45, 7) is 3.40. The molecule has 0 spiro atoms. The lowest BCUT2D eigenvalue weighted by molar-refractivity contribution is 0.0785. The SMILES string of the molecule is CC(C)(O)c1ccc(C(=O)Nc2cc(-c3ccc(Cl)cc3)n3nccc3n2)cc1. The van der Waals surface area contributed by atoms with E-state index in [4.69, 9.17) is 11.6 Å². The van der Waals surface area contributed by atoms with E-state index in [1.807, 2.05) is 12.1 Å². The average Bonchev–Trinajstić information content (AvgIpc) is 3.16. The van der Waals surface area contributed by atoms with Crippen LogP contribution in [0.5, 0.6) is 0 Å². The normalized spacial score (nSPS) is 11.6. The zero-order valence-electron chi connectivity index (χ0n) is 15.9. The van der Waals surface area contributed by atoms with Gasteiger partial charge in [0.15, 0.2) is 5.65 Å². The second-order valence-corrected chi connectivity index (χ2v) is 7.66. The third kappa shape index (κ3) is 3.99. The molecule has 0 aliphatic rings. The second kappa shape index (κ2) is 7.31. The van der Waals surface area contributed by atoms with Crippen LogP contribution in [0.25, 0.3) is 16.9 Å². The molecule has 0 aliphatic heterocycles. The molecule has 0 radical (unpaired) electrons. The highest BCUT2D eigenvalue weighted by Crippen LogP contribution is 2.25. The third-order valence-electron chi connectivity index (χ3n) is 4.59. The lowest BCUT2D eigenvalue weighted by Crippen LogP contribution is -2.17. The monoisotopic (exact) mass is 406 g/mol. The van der Waals surface area contributed by atoms with Crippen LogP contribution in [0.4, 0.5) is 5.82 Å². The average molecular weight is 407 g/mol. The molecule has 0 saturated carbocycles. The van der Waals surface area contributed by atoms with Crippen LogP contribution in [0.15, 0.2) is 66.9 Å². The lowest BCUT2D eigenvalue weighted by atomic mass is 9.97. The molecule has 4 rings (SSSR count). The van der Waals surface area contributed by atoms with Gasteiger partial charge in [-0.15, -0.1) is 0 Å². The fourth-order valence-corrected chi connectivity index (χ4v) is 3.15. The van der Waals surface area contributed by atoms with E-state index in [0.29, 0.717) is 22.1 Å². The predicted molar refractivity (Wildman–Crippen MR) is 113 cm³/mol. The first-order valence-electron chi connectivity index (χ1n) is 9.06. The maximum atomic E-state index is 12.7. The number of carbonyl (C=O) groups excluding carboxylic acids is 1. The Kier molecular flexibility index (Phi) is 4.82. The number of aromatic nitrogens is 3. The van der Waals surface area contributed by atoms with Crippen molar-refractivity contribution in [1.82, 2.24) is 14.6 Å². The van der Waals surface area contributed by atoms with Crippen LogP contribution in [-0.4, -0.2) is 25.6 Å². The fourth-order valence-electron chi connectivity index (χ4n) is 3.02. The van der Waals surface area contributed by atoms with Gasteiger partial charge in [0.1, 0.15) is 5.82 Å². The van der Waals surface area contributed by atoms with Crippen molar-refractivity contribution in [3.05, 3.63) is 83.0 Å². The van der Waals surface area contributed by atoms with E-state index in [2.05, 4.69) is 15.4 Å². The van der Waals surface area contributed by atoms with Gasteiger partial charge >= 0.3 is 0 Å². The Morgan fingerprint density at radius 3 is 2.41 bits per heavy atom. The highest BCUT2D eigenvalue weighted by Gasteiger charge is 2.17. The molecule has 2 aromatic carbocycles. The van der Waals surface area contributed by atoms with Crippen molar-refractivity contribution < 1.29 is 9.90 Å². The number of anilines is 1. The van der Waals surface area contributed by atoms with Crippen molar-refractivity contribution >= 4 is 29.0 Å². The van der Waals surface area contributed by atoms with Crippen molar-refractivity contribution in [3.63, 3.8) is 0 Å². The van der Waals surface area contributed by atoms with Gasteiger partial charge in [0.2, 0.25) is 0 Å². The molecule has 1 amide bonds. The summed E-state index contributed by atoms with van der Waals surface area (Å²) in [5.41, 5.74) is 2.54. The molecule has 4 aromatic rings. The minimum Gasteiger partial charge on any atom is -0.386 e. The van der Waals surface area contributed by atoms with E-state index < -0.39 is 5.60 Å². The quantitative estimate of drug-likeness (QED) is 0.521. The van der Waals surface area contributed by atoms with E-state index in [9.17, 15) is 9.90 Å². The summed E-state index contributed by atoms with van der Waals surface area (Å²) >= 11 is 6.00. The Balaban J connectivity index is 1.66. The van der Waals surface area contributed by atoms with Crippen LogP contribution in [-0.2, 0) is 5.60 Å². The lowest BCUT2D eigenvalue weighted by Gasteiger charge is -2.17. The summed E-state index contributed by atoms with van der Waals surface area (Å²) in [6, 6.07) is 17.8. The molecule has 0 saturated heterocycles. The predicted octanol–water partition coefficient (Wildman–Crippen LogP) is 4.53. The zero-order valence-corrected chi connectivity index (χ0v) is 16.7. The molecule has 2 N–H and O–H groups in total. The molecule has 7 heteroatoms. The van der Waals surface area contributed by atoms with Gasteiger partial charge in [-0.2, -0.15) is 5.10 Å². The van der Waals surface area contributed by atoms with Crippen LogP contribution in [0, 0.1) is 0 Å². The van der Waals surface area contributed by atoms with E-state index in [0.717, 1.165) is 16.8 Å². The summed E-state index contributed by atoms with van der Waals surface area (Å²) in [7, 11) is 0. The number of fused-ring (bicyclic) bond motifs is 1. The Morgan fingerprint density at radius 2 is 1.76 bits per heavy atom. The first-order chi connectivity index (χ1) is 13.8. The topological polar surface area (TPSA) is 79.5 Å². The number of nitrogens with one attached hydrogen (secondary N) is 1. The molecule has 0 unspecified atom stereocenters. The summed E-state index contributed by atoms with van der Waals surface area (Å²) in [5, 5.41) is 17.9. The van der Waals surface area contributed by atoms with E-state index >= 15 is 0 Å². The van der Waals surface area contributed by atoms with Gasteiger partial charge in [0, 0.05) is 28.3 Å². The smallest absolute Gasteiger partial charge is 0.256 e. The van der Waals surface area contributed by atoms with Crippen molar-refractivity contribution in [2.45, 2.75) is 19.4 Å². The van der Waals surface area contributed by atoms with Gasteiger partial charge in [-0.25, -0.2) is 9.50 Å². The number of carbonyl (C=O) groups is 1. The van der Waals surface area contributed by atoms with Gasteiger partial charge in [-0.3, -0.25) is 4.79 Å². The molecule has 29 heavy (non-hydrogen) atoms. The Bertz CT molecular complexity index is 1180. The standard InChI is InChI=1S/C22H19ClN4O2/c1-22(2,29)16-7-3-15(4-8-16)21(28)26-19-13-18(14-5-9-17(23)10-6-14)27-20(25-19)11-12-24-27/h3-13,29H,1-2H3,(H,25,26,28). The molecular weight excluding hydrogens is 388 g/mol. The van der Waals surface area contributed by atoms with Gasteiger partial charge in [-0.1, -0.05) is 35.9 Å². The number of aliphatic hydroxyl groups is 1. The van der Waals surface area contributed by atoms with Crippen molar-refractivity contribution in [1.29, 1.82) is 0 Å². The molecule has 0 aliphatic carbocycles. The van der Waals surface area contributed by atoms with Crippen LogP contribution in [0.2, 0.25) is 5.02 Å². The van der Waals surface area contributed by atoms with Crippen LogP contribution >= 0.6 is 11.6 Å². The van der Waals surface area contributed by atoms with Crippen molar-refractivity contribution in [3.8, 4) is 11.3 Å². The van der Waals surface area contributed by atoms with Crippen LogP contribution in [0.1, 0.15) is 29.8 Å². The van der Waals surface area contributed by atoms with Gasteiger partial charge in [0.25, 0.3) is 5.91 Å². The van der Waals surface area contributed by atoms with E-state index in [-0.39, 0.29) is 5.91 Å².